The van der Waals surface area contributed by atoms with Crippen LogP contribution in [0.3, 0.4) is 0 Å². The first kappa shape index (κ1) is 18.3. The smallest absolute Gasteiger partial charge is 0.128 e. The number of likely N-dealkylation sites (tertiary alicyclic amines) is 1. The van der Waals surface area contributed by atoms with Crippen molar-refractivity contribution >= 4 is 5.82 Å². The normalized spacial score (nSPS) is 24.9. The third-order valence-corrected chi connectivity index (χ3v) is 5.63. The zero-order chi connectivity index (χ0) is 18.6. The van der Waals surface area contributed by atoms with Gasteiger partial charge in [-0.15, -0.1) is 0 Å². The van der Waals surface area contributed by atoms with Crippen molar-refractivity contribution in [3.05, 3.63) is 48.2 Å². The van der Waals surface area contributed by atoms with Crippen LogP contribution in [0.2, 0.25) is 0 Å². The molecule has 7 heteroatoms. The molecule has 0 saturated carbocycles. The molecule has 0 spiro atoms. The Bertz CT molecular complexity index is 717. The molecule has 1 N–H and O–H groups in total. The Morgan fingerprint density at radius 1 is 1.04 bits per heavy atom. The zero-order valence-corrected chi connectivity index (χ0v) is 15.9. The van der Waals surface area contributed by atoms with Gasteiger partial charge < -0.3 is 10.0 Å². The Hall–Kier alpha value is -2.09. The number of piperazine rings is 1. The van der Waals surface area contributed by atoms with Crippen LogP contribution in [0.15, 0.2) is 36.8 Å². The van der Waals surface area contributed by atoms with Crippen molar-refractivity contribution in [2.75, 3.05) is 44.2 Å². The molecular formula is C20H28N6O. The minimum absolute atomic E-state index is 0.251. The molecule has 4 rings (SSSR count). The van der Waals surface area contributed by atoms with Crippen LogP contribution < -0.4 is 4.90 Å². The Kier molecular flexibility index (Phi) is 5.61. The molecule has 4 heterocycles. The van der Waals surface area contributed by atoms with E-state index in [4.69, 9.17) is 0 Å². The fourth-order valence-corrected chi connectivity index (χ4v) is 4.14. The first-order chi connectivity index (χ1) is 13.2. The number of anilines is 1. The van der Waals surface area contributed by atoms with Gasteiger partial charge in [0.15, 0.2) is 0 Å². The predicted octanol–water partition coefficient (Wildman–Crippen LogP) is 0.937. The Morgan fingerprint density at radius 2 is 1.81 bits per heavy atom. The molecule has 0 aromatic carbocycles. The first-order valence-corrected chi connectivity index (χ1v) is 9.77. The number of rotatable bonds is 4. The van der Waals surface area contributed by atoms with Crippen molar-refractivity contribution in [3.8, 4) is 0 Å². The van der Waals surface area contributed by atoms with Gasteiger partial charge in [0, 0.05) is 76.0 Å². The second-order valence-electron chi connectivity index (χ2n) is 7.51. The molecule has 0 amide bonds. The fraction of sp³-hybridized carbons (Fsp3) is 0.550. The third kappa shape index (κ3) is 4.43. The Balaban J connectivity index is 1.28. The molecule has 0 aliphatic carbocycles. The number of piperidine rings is 1. The summed E-state index contributed by atoms with van der Waals surface area (Å²) in [7, 11) is 0. The predicted molar refractivity (Wildman–Crippen MR) is 104 cm³/mol. The first-order valence-electron chi connectivity index (χ1n) is 9.77. The van der Waals surface area contributed by atoms with Gasteiger partial charge in [-0.05, 0) is 25.5 Å². The van der Waals surface area contributed by atoms with Crippen molar-refractivity contribution in [2.45, 2.75) is 32.0 Å². The summed E-state index contributed by atoms with van der Waals surface area (Å²) in [5.74, 6) is 1.84. The second-order valence-corrected chi connectivity index (χ2v) is 7.51. The van der Waals surface area contributed by atoms with Crippen molar-refractivity contribution in [1.29, 1.82) is 0 Å². The highest BCUT2D eigenvalue weighted by atomic mass is 16.3. The molecule has 0 bridgehead atoms. The van der Waals surface area contributed by atoms with Gasteiger partial charge in [0.1, 0.15) is 11.6 Å². The van der Waals surface area contributed by atoms with Crippen molar-refractivity contribution < 1.29 is 5.11 Å². The van der Waals surface area contributed by atoms with Gasteiger partial charge in [-0.2, -0.15) is 0 Å². The molecule has 2 aromatic heterocycles. The van der Waals surface area contributed by atoms with Gasteiger partial charge in [-0.25, -0.2) is 15.0 Å². The summed E-state index contributed by atoms with van der Waals surface area (Å²) >= 11 is 0. The molecule has 2 aliphatic rings. The number of β-amino-alcohol motifs (C(OH)–C–C–N with tert-alkyl or cyclic N) is 1. The van der Waals surface area contributed by atoms with Crippen molar-refractivity contribution in [1.82, 2.24) is 24.8 Å². The average Bonchev–Trinajstić information content (AvgIpc) is 2.71. The fourth-order valence-electron chi connectivity index (χ4n) is 4.14. The van der Waals surface area contributed by atoms with Crippen LogP contribution in [0.5, 0.6) is 0 Å². The van der Waals surface area contributed by atoms with Gasteiger partial charge in [-0.1, -0.05) is 6.07 Å². The van der Waals surface area contributed by atoms with Gasteiger partial charge in [0.05, 0.1) is 6.10 Å². The number of aryl methyl sites for hydroxylation is 1. The maximum absolute atomic E-state index is 10.8. The van der Waals surface area contributed by atoms with Gasteiger partial charge in [-0.3, -0.25) is 9.80 Å². The summed E-state index contributed by atoms with van der Waals surface area (Å²) in [6.45, 7) is 8.28. The van der Waals surface area contributed by atoms with E-state index >= 15 is 0 Å². The summed E-state index contributed by atoms with van der Waals surface area (Å²) in [5.41, 5.74) is 1.11. The zero-order valence-electron chi connectivity index (χ0n) is 15.9. The number of aliphatic hydroxyl groups excluding tert-OH is 1. The topological polar surface area (TPSA) is 68.6 Å². The molecule has 0 unspecified atom stereocenters. The summed E-state index contributed by atoms with van der Waals surface area (Å²) in [5, 5.41) is 10.8. The summed E-state index contributed by atoms with van der Waals surface area (Å²) in [6.07, 6.45) is 6.30. The molecule has 27 heavy (non-hydrogen) atoms. The van der Waals surface area contributed by atoms with Crippen LogP contribution in [0.4, 0.5) is 5.82 Å². The average molecular weight is 368 g/mol. The largest absolute Gasteiger partial charge is 0.390 e. The van der Waals surface area contributed by atoms with E-state index in [1.54, 1.807) is 0 Å². The van der Waals surface area contributed by atoms with Crippen LogP contribution in [-0.2, 0) is 6.54 Å². The van der Waals surface area contributed by atoms with Crippen molar-refractivity contribution in [2.24, 2.45) is 0 Å². The molecule has 2 aromatic rings. The Labute approximate surface area is 160 Å². The monoisotopic (exact) mass is 368 g/mol. The van der Waals surface area contributed by atoms with Crippen LogP contribution in [0.25, 0.3) is 0 Å². The maximum Gasteiger partial charge on any atom is 0.128 e. The van der Waals surface area contributed by atoms with E-state index in [0.29, 0.717) is 6.54 Å². The molecule has 144 valence electrons. The van der Waals surface area contributed by atoms with E-state index < -0.39 is 0 Å². The highest BCUT2D eigenvalue weighted by Gasteiger charge is 2.33. The van der Waals surface area contributed by atoms with Crippen LogP contribution in [0.1, 0.15) is 17.8 Å². The van der Waals surface area contributed by atoms with Gasteiger partial charge >= 0.3 is 0 Å². The number of aliphatic hydroxyl groups is 1. The lowest BCUT2D eigenvalue weighted by atomic mass is 9.99. The highest BCUT2D eigenvalue weighted by molar-refractivity contribution is 5.38. The summed E-state index contributed by atoms with van der Waals surface area (Å²) in [6, 6.07) is 6.30. The molecule has 7 nitrogen and oxygen atoms in total. The lowest BCUT2D eigenvalue weighted by molar-refractivity contribution is -0.0172. The molecule has 2 atom stereocenters. The quantitative estimate of drug-likeness (QED) is 0.861. The van der Waals surface area contributed by atoms with Gasteiger partial charge in [0.25, 0.3) is 0 Å². The Morgan fingerprint density at radius 3 is 2.48 bits per heavy atom. The lowest BCUT2D eigenvalue weighted by Gasteiger charge is -2.45. The second kappa shape index (κ2) is 8.29. The minimum Gasteiger partial charge on any atom is -0.390 e. The number of hydrogen-bond acceptors (Lipinski definition) is 7. The summed E-state index contributed by atoms with van der Waals surface area (Å²) < 4.78 is 0. The number of nitrogens with zero attached hydrogens (tertiary/aromatic N) is 6. The SMILES string of the molecule is Cc1ncc(CN2CC[C@H](N3CCN(c4ccccn4)CC3)[C@@H](O)C2)cn1. The summed E-state index contributed by atoms with van der Waals surface area (Å²) in [4.78, 5) is 20.1. The molecule has 2 aliphatic heterocycles. The van der Waals surface area contributed by atoms with Crippen molar-refractivity contribution in [3.63, 3.8) is 0 Å². The molecule has 0 radical (unpaired) electrons. The van der Waals surface area contributed by atoms with E-state index in [-0.39, 0.29) is 12.1 Å². The third-order valence-electron chi connectivity index (χ3n) is 5.63. The molecule has 2 saturated heterocycles. The van der Waals surface area contributed by atoms with E-state index in [9.17, 15) is 5.11 Å². The minimum atomic E-state index is -0.313. The van der Waals surface area contributed by atoms with Crippen LogP contribution in [-0.4, -0.2) is 81.3 Å². The number of aromatic nitrogens is 3. The van der Waals surface area contributed by atoms with E-state index in [1.807, 2.05) is 37.6 Å². The standard InChI is InChI=1S/C20H28N6O/c1-16-22-12-17(13-23-16)14-24-7-5-18(19(27)15-24)25-8-10-26(11-9-25)20-4-2-3-6-21-20/h2-4,6,12-13,18-19,27H,5,7-11,14-15H2,1H3/t18-,19-/m0/s1. The molecular weight excluding hydrogens is 340 g/mol. The lowest BCUT2D eigenvalue weighted by Crippen LogP contribution is -2.58. The number of pyridine rings is 1. The molecule has 2 fully saturated rings. The van der Waals surface area contributed by atoms with E-state index in [0.717, 1.165) is 62.9 Å². The highest BCUT2D eigenvalue weighted by Crippen LogP contribution is 2.21. The van der Waals surface area contributed by atoms with Crippen LogP contribution >= 0.6 is 0 Å². The maximum atomic E-state index is 10.8. The van der Waals surface area contributed by atoms with E-state index in [2.05, 4.69) is 35.7 Å². The van der Waals surface area contributed by atoms with E-state index in [1.165, 1.54) is 0 Å². The number of hydrogen-bond donors (Lipinski definition) is 1. The van der Waals surface area contributed by atoms with Crippen LogP contribution in [0, 0.1) is 6.92 Å². The van der Waals surface area contributed by atoms with Gasteiger partial charge in [0.2, 0.25) is 0 Å².